The second kappa shape index (κ2) is 14.4. The molecule has 0 aliphatic carbocycles. The van der Waals surface area contributed by atoms with E-state index in [9.17, 15) is 25.9 Å². The molecule has 2 N–H and O–H groups in total. The van der Waals surface area contributed by atoms with Gasteiger partial charge in [0, 0.05) is 39.2 Å². The molecule has 0 aliphatic rings. The van der Waals surface area contributed by atoms with Gasteiger partial charge in [-0.2, -0.15) is 16.8 Å². The first-order valence-electron chi connectivity index (χ1n) is 16.5. The lowest BCUT2D eigenvalue weighted by Gasteiger charge is -2.18. The topological polar surface area (TPSA) is 123 Å². The van der Waals surface area contributed by atoms with Gasteiger partial charge < -0.3 is 9.30 Å². The van der Waals surface area contributed by atoms with Crippen molar-refractivity contribution in [3.63, 3.8) is 0 Å². The summed E-state index contributed by atoms with van der Waals surface area (Å²) in [6.45, 7) is 8.88. The van der Waals surface area contributed by atoms with Crippen molar-refractivity contribution in [2.45, 2.75) is 44.0 Å². The van der Waals surface area contributed by atoms with E-state index in [4.69, 9.17) is 16.3 Å². The molecule has 0 saturated heterocycles. The first-order chi connectivity index (χ1) is 24.5. The van der Waals surface area contributed by atoms with E-state index in [1.807, 2.05) is 80.6 Å². The Morgan fingerprint density at radius 2 is 1.48 bits per heavy atom. The fraction of sp³-hybridized carbons (Fsp3) is 0.171. The van der Waals surface area contributed by atoms with Crippen molar-refractivity contribution in [1.82, 2.24) is 4.57 Å². The van der Waals surface area contributed by atoms with Crippen molar-refractivity contribution >= 4 is 54.4 Å². The molecule has 5 aromatic carbocycles. The van der Waals surface area contributed by atoms with Gasteiger partial charge in [-0.15, -0.1) is 0 Å². The zero-order valence-corrected chi connectivity index (χ0v) is 31.6. The maximum Gasteiger partial charge on any atom is 0.295 e. The van der Waals surface area contributed by atoms with Gasteiger partial charge in [-0.1, -0.05) is 86.1 Å². The summed E-state index contributed by atoms with van der Waals surface area (Å²) in [6.07, 6.45) is 1.99. The number of hydrogen-bond acceptors (Lipinski definition) is 5. The highest BCUT2D eigenvalue weighted by Gasteiger charge is 2.29. The summed E-state index contributed by atoms with van der Waals surface area (Å²) < 4.78 is 78.8. The maximum atomic E-state index is 13.2. The minimum atomic E-state index is -5.03. The summed E-state index contributed by atoms with van der Waals surface area (Å²) in [4.78, 5) is -1.33. The summed E-state index contributed by atoms with van der Waals surface area (Å²) in [5.74, 6) is 0.953. The highest BCUT2D eigenvalue weighted by Crippen LogP contribution is 2.43. The number of ether oxygens (including phenoxy) is 1. The lowest BCUT2D eigenvalue weighted by molar-refractivity contribution is 0.415. The zero-order chi connectivity index (χ0) is 37.5. The molecule has 0 saturated carbocycles. The molecule has 0 bridgehead atoms. The number of fused-ring (bicyclic) bond motifs is 1. The molecule has 11 heteroatoms. The second-order valence-corrected chi connectivity index (χ2v) is 16.5. The van der Waals surface area contributed by atoms with Crippen LogP contribution >= 0.6 is 11.6 Å². The van der Waals surface area contributed by atoms with Gasteiger partial charge in [0.25, 0.3) is 20.2 Å². The molecule has 0 fully saturated rings. The van der Waals surface area contributed by atoms with Crippen molar-refractivity contribution < 1.29 is 30.7 Å². The van der Waals surface area contributed by atoms with Gasteiger partial charge in [-0.05, 0) is 101 Å². The van der Waals surface area contributed by atoms with Crippen LogP contribution in [0.15, 0.2) is 113 Å². The van der Waals surface area contributed by atoms with E-state index >= 15 is 0 Å². The van der Waals surface area contributed by atoms with Crippen molar-refractivity contribution in [2.75, 3.05) is 7.11 Å². The van der Waals surface area contributed by atoms with E-state index in [2.05, 4.69) is 30.5 Å². The van der Waals surface area contributed by atoms with Gasteiger partial charge in [0.1, 0.15) is 10.6 Å². The summed E-state index contributed by atoms with van der Waals surface area (Å²) in [7, 11) is -8.25. The minimum absolute atomic E-state index is 0.0561. The van der Waals surface area contributed by atoms with Crippen LogP contribution in [0.1, 0.15) is 41.7 Å². The Morgan fingerprint density at radius 1 is 0.827 bits per heavy atom. The first kappa shape index (κ1) is 37.1. The molecule has 0 aliphatic heterocycles. The molecule has 0 spiro atoms. The van der Waals surface area contributed by atoms with Crippen LogP contribution in [0.3, 0.4) is 0 Å². The van der Waals surface area contributed by atoms with Gasteiger partial charge in [0.2, 0.25) is 0 Å². The van der Waals surface area contributed by atoms with Crippen LogP contribution < -0.4 is 15.2 Å². The fourth-order valence-electron chi connectivity index (χ4n) is 6.72. The van der Waals surface area contributed by atoms with Crippen molar-refractivity contribution in [3.05, 3.63) is 146 Å². The van der Waals surface area contributed by atoms with Crippen LogP contribution in [0, 0.1) is 19.8 Å². The summed E-state index contributed by atoms with van der Waals surface area (Å²) in [6, 6.07) is 30.0. The molecule has 0 amide bonds. The molecule has 268 valence electrons. The molecule has 8 nitrogen and oxygen atoms in total. The van der Waals surface area contributed by atoms with Crippen LogP contribution in [-0.2, 0) is 26.8 Å². The monoisotopic (exact) mass is 755 g/mol. The molecular weight excluding hydrogens is 718 g/mol. The molecule has 0 radical (unpaired) electrons. The number of halogens is 1. The lowest BCUT2D eigenvalue weighted by Crippen LogP contribution is -2.16. The Hall–Kier alpha value is -4.71. The zero-order valence-electron chi connectivity index (χ0n) is 29.3. The quantitative estimate of drug-likeness (QED) is 0.144. The average molecular weight is 756 g/mol. The largest absolute Gasteiger partial charge is 0.497 e. The number of benzene rings is 5. The van der Waals surface area contributed by atoms with Gasteiger partial charge in [0.05, 0.1) is 17.7 Å². The third-order valence-corrected chi connectivity index (χ3v) is 10.9. The molecule has 6 aromatic rings. The number of nitrogens with zero attached hydrogens (tertiary/aromatic N) is 1. The van der Waals surface area contributed by atoms with Crippen LogP contribution in [0.25, 0.3) is 33.8 Å². The minimum Gasteiger partial charge on any atom is -0.497 e. The van der Waals surface area contributed by atoms with Gasteiger partial charge in [-0.3, -0.25) is 9.11 Å². The lowest BCUT2D eigenvalue weighted by atomic mass is 9.89. The first-order valence-corrected chi connectivity index (χ1v) is 19.8. The van der Waals surface area contributed by atoms with E-state index in [0.717, 1.165) is 62.0 Å². The van der Waals surface area contributed by atoms with Crippen molar-refractivity contribution in [2.24, 2.45) is 5.92 Å². The summed E-state index contributed by atoms with van der Waals surface area (Å²) >= 11 is 6.37. The molecule has 6 rings (SSSR count). The van der Waals surface area contributed by atoms with E-state index in [0.29, 0.717) is 27.9 Å². The number of hydrogen-bond donors (Lipinski definition) is 2. The fourth-order valence-corrected chi connectivity index (χ4v) is 8.15. The molecule has 1 aromatic heterocycles. The average Bonchev–Trinajstić information content (AvgIpc) is 3.38. The summed E-state index contributed by atoms with van der Waals surface area (Å²) in [5, 5.41) is 2.89. The maximum absolute atomic E-state index is 13.2. The normalized spacial score (nSPS) is 12.0. The van der Waals surface area contributed by atoms with Crippen LogP contribution in [0.4, 0.5) is 0 Å². The van der Waals surface area contributed by atoms with E-state index in [-0.39, 0.29) is 11.5 Å². The smallest absolute Gasteiger partial charge is 0.295 e. The van der Waals surface area contributed by atoms with Crippen molar-refractivity contribution in [1.29, 1.82) is 0 Å². The van der Waals surface area contributed by atoms with E-state index < -0.39 is 30.0 Å². The van der Waals surface area contributed by atoms with E-state index in [1.165, 1.54) is 6.07 Å². The number of aromatic nitrogens is 1. The highest BCUT2D eigenvalue weighted by molar-refractivity contribution is 7.86. The Kier molecular flexibility index (Phi) is 10.2. The van der Waals surface area contributed by atoms with Crippen LogP contribution in [0.2, 0.25) is 5.02 Å². The third-order valence-electron chi connectivity index (χ3n) is 8.87. The standard InChI is InChI=1S/C41H38ClNO7S2/c1-25(2)24-43-36-21-26(3)20-27(4)38(36)40(41(43)31-12-14-32(42)15-13-31)39(35-19-18-34(51(44,45)46)23-37(35)52(47,48)49)30-10-6-28(7-11-30)22-29-8-16-33(50-5)17-9-29/h6-23,25H,24H2,1-5H3,(H,44,45,46)(H,47,48,49). The molecule has 52 heavy (non-hydrogen) atoms. The predicted octanol–water partition coefficient (Wildman–Crippen LogP) is 7.81. The molecule has 1 heterocycles. The molecule has 0 unspecified atom stereocenters. The predicted molar refractivity (Wildman–Crippen MR) is 207 cm³/mol. The van der Waals surface area contributed by atoms with E-state index in [1.54, 1.807) is 19.2 Å². The van der Waals surface area contributed by atoms with Gasteiger partial charge in [0.15, 0.2) is 0 Å². The Labute approximate surface area is 308 Å². The van der Waals surface area contributed by atoms with Gasteiger partial charge >= 0.3 is 0 Å². The Balaban J connectivity index is 1.82. The third kappa shape index (κ3) is 7.58. The van der Waals surface area contributed by atoms with Crippen LogP contribution in [-0.4, -0.2) is 37.6 Å². The van der Waals surface area contributed by atoms with Crippen molar-refractivity contribution in [3.8, 4) is 17.0 Å². The molecule has 0 atom stereocenters. The SMILES string of the molecule is COc1ccc(C=c2ccc(=C(c3ccc(S(=O)(=O)O)cc3S(=O)(=O)O)c3c(-c4ccc(Cl)cc4)n(CC(C)C)c4cc(C)cc(C)c34)cc2)cc1. The molecular formula is C41H38ClNO7S2. The Bertz CT molecular complexity index is 2660. The van der Waals surface area contributed by atoms with Crippen LogP contribution in [0.5, 0.6) is 5.75 Å². The number of methoxy groups -OCH3 is 1. The number of aryl methyl sites for hydroxylation is 2. The second-order valence-electron chi connectivity index (χ2n) is 13.2. The Morgan fingerprint density at radius 3 is 2.06 bits per heavy atom. The van der Waals surface area contributed by atoms with Gasteiger partial charge in [-0.25, -0.2) is 0 Å². The highest BCUT2D eigenvalue weighted by atomic mass is 35.5. The number of rotatable bonds is 9. The summed E-state index contributed by atoms with van der Waals surface area (Å²) in [5.41, 5.74) is 6.64.